The van der Waals surface area contributed by atoms with Crippen LogP contribution in [0.5, 0.6) is 0 Å². The van der Waals surface area contributed by atoms with Crippen molar-refractivity contribution in [2.24, 2.45) is 5.73 Å². The quantitative estimate of drug-likeness (QED) is 0.861. The summed E-state index contributed by atoms with van der Waals surface area (Å²) in [6, 6.07) is 7.01. The van der Waals surface area contributed by atoms with E-state index in [9.17, 15) is 8.78 Å². The van der Waals surface area contributed by atoms with Gasteiger partial charge in [0.2, 0.25) is 6.43 Å². The largest absolute Gasteiger partial charge is 0.324 e. The lowest BCUT2D eigenvalue weighted by Crippen LogP contribution is -2.13. The Kier molecular flexibility index (Phi) is 6.53. The lowest BCUT2D eigenvalue weighted by molar-refractivity contribution is 0.128. The van der Waals surface area contributed by atoms with Crippen LogP contribution in [0.3, 0.4) is 0 Å². The molecule has 0 bridgehead atoms. The molecule has 0 unspecified atom stereocenters. The summed E-state index contributed by atoms with van der Waals surface area (Å²) in [7, 11) is 0. The highest BCUT2D eigenvalue weighted by atomic mass is 35.5. The summed E-state index contributed by atoms with van der Waals surface area (Å²) in [6.07, 6.45) is -2.62. The van der Waals surface area contributed by atoms with Crippen molar-refractivity contribution in [3.63, 3.8) is 0 Å². The van der Waals surface area contributed by atoms with Gasteiger partial charge in [0, 0.05) is 12.5 Å². The van der Waals surface area contributed by atoms with Crippen LogP contribution in [0.2, 0.25) is 0 Å². The minimum atomic E-state index is -2.34. The van der Waals surface area contributed by atoms with Gasteiger partial charge in [-0.15, -0.1) is 12.4 Å². The fraction of sp³-hybridized carbons (Fsp3) is 0.500. The maximum absolute atomic E-state index is 12.1. The Morgan fingerprint density at radius 3 is 1.88 bits per heavy atom. The van der Waals surface area contributed by atoms with Gasteiger partial charge in [-0.05, 0) is 17.0 Å². The predicted octanol–water partition coefficient (Wildman–Crippen LogP) is 3.89. The van der Waals surface area contributed by atoms with Gasteiger partial charge in [-0.2, -0.15) is 0 Å². The molecule has 0 fully saturated rings. The number of rotatable bonds is 4. The van der Waals surface area contributed by atoms with E-state index in [1.54, 1.807) is 0 Å². The molecule has 0 saturated heterocycles. The van der Waals surface area contributed by atoms with E-state index in [2.05, 4.69) is 13.8 Å². The van der Waals surface area contributed by atoms with Crippen molar-refractivity contribution in [2.75, 3.05) is 0 Å². The van der Waals surface area contributed by atoms with Crippen molar-refractivity contribution in [1.82, 2.24) is 0 Å². The summed E-state index contributed by atoms with van der Waals surface area (Å²) in [5.74, 6) is 0.449. The summed E-state index contributed by atoms with van der Waals surface area (Å²) in [4.78, 5) is 0. The van der Waals surface area contributed by atoms with E-state index in [1.807, 2.05) is 24.3 Å². The first-order chi connectivity index (χ1) is 7.00. The molecule has 2 N–H and O–H groups in total. The summed E-state index contributed by atoms with van der Waals surface area (Å²) in [5.41, 5.74) is 7.62. The molecule has 0 amide bonds. The molecule has 4 heteroatoms. The van der Waals surface area contributed by atoms with Gasteiger partial charge in [0.15, 0.2) is 0 Å². The van der Waals surface area contributed by atoms with E-state index in [-0.39, 0.29) is 18.8 Å². The first-order valence-electron chi connectivity index (χ1n) is 5.14. The third-order valence-electron chi connectivity index (χ3n) is 2.46. The van der Waals surface area contributed by atoms with E-state index in [0.29, 0.717) is 5.92 Å². The Hall–Kier alpha value is -0.670. The van der Waals surface area contributed by atoms with Crippen molar-refractivity contribution >= 4 is 12.4 Å². The van der Waals surface area contributed by atoms with Gasteiger partial charge in [0.1, 0.15) is 0 Å². The molecule has 1 atom stereocenters. The molecule has 0 heterocycles. The Bertz CT molecular complexity index is 298. The van der Waals surface area contributed by atoms with Crippen LogP contribution in [0.4, 0.5) is 8.78 Å². The maximum atomic E-state index is 12.1. The van der Waals surface area contributed by atoms with Gasteiger partial charge in [-0.1, -0.05) is 38.1 Å². The molecular weight excluding hydrogens is 232 g/mol. The van der Waals surface area contributed by atoms with Crippen molar-refractivity contribution in [1.29, 1.82) is 0 Å². The van der Waals surface area contributed by atoms with Gasteiger partial charge in [0.05, 0.1) is 0 Å². The van der Waals surface area contributed by atoms with Crippen molar-refractivity contribution < 1.29 is 8.78 Å². The lowest BCUT2D eigenvalue weighted by atomic mass is 9.98. The molecule has 0 spiro atoms. The van der Waals surface area contributed by atoms with Gasteiger partial charge in [-0.3, -0.25) is 0 Å². The van der Waals surface area contributed by atoms with Crippen LogP contribution in [0.1, 0.15) is 43.4 Å². The summed E-state index contributed by atoms with van der Waals surface area (Å²) in [5, 5.41) is 0. The first-order valence-corrected chi connectivity index (χ1v) is 5.14. The standard InChI is InChI=1S/C12H17F2N.ClH/c1-8(2)9-3-5-10(6-4-9)11(15)7-12(13)14;/h3-6,8,11-12H,7,15H2,1-2H3;1H/t11-;/m0./s1. The Morgan fingerprint density at radius 1 is 1.06 bits per heavy atom. The highest BCUT2D eigenvalue weighted by Crippen LogP contribution is 2.21. The topological polar surface area (TPSA) is 26.0 Å². The molecule has 92 valence electrons. The molecule has 0 aromatic heterocycles. The highest BCUT2D eigenvalue weighted by molar-refractivity contribution is 5.85. The van der Waals surface area contributed by atoms with Crippen molar-refractivity contribution in [3.05, 3.63) is 35.4 Å². The molecule has 1 nitrogen and oxygen atoms in total. The van der Waals surface area contributed by atoms with E-state index < -0.39 is 12.5 Å². The van der Waals surface area contributed by atoms with Gasteiger partial charge in [0.25, 0.3) is 0 Å². The monoisotopic (exact) mass is 249 g/mol. The summed E-state index contributed by atoms with van der Waals surface area (Å²) in [6.45, 7) is 4.18. The molecular formula is C12H18ClF2N. The zero-order valence-electron chi connectivity index (χ0n) is 9.49. The number of hydrogen-bond donors (Lipinski definition) is 1. The first kappa shape index (κ1) is 15.3. The maximum Gasteiger partial charge on any atom is 0.240 e. The molecule has 0 aliphatic carbocycles. The molecule has 1 rings (SSSR count). The van der Waals surface area contributed by atoms with Gasteiger partial charge in [-0.25, -0.2) is 8.78 Å². The molecule has 16 heavy (non-hydrogen) atoms. The predicted molar refractivity (Wildman–Crippen MR) is 65.3 cm³/mol. The average Bonchev–Trinajstić information content (AvgIpc) is 2.17. The van der Waals surface area contributed by atoms with Crippen LogP contribution < -0.4 is 5.73 Å². The van der Waals surface area contributed by atoms with Crippen LogP contribution in [0.15, 0.2) is 24.3 Å². The minimum Gasteiger partial charge on any atom is -0.324 e. The molecule has 0 aliphatic rings. The smallest absolute Gasteiger partial charge is 0.240 e. The zero-order valence-corrected chi connectivity index (χ0v) is 10.3. The number of alkyl halides is 2. The van der Waals surface area contributed by atoms with Crippen LogP contribution in [-0.4, -0.2) is 6.43 Å². The van der Waals surface area contributed by atoms with Crippen LogP contribution in [0, 0.1) is 0 Å². The molecule has 0 radical (unpaired) electrons. The SMILES string of the molecule is CC(C)c1ccc([C@@H](N)CC(F)F)cc1.Cl. The van der Waals surface area contributed by atoms with Crippen molar-refractivity contribution in [2.45, 2.75) is 38.7 Å². The van der Waals surface area contributed by atoms with E-state index in [0.717, 1.165) is 5.56 Å². The Labute approximate surface area is 101 Å². The van der Waals surface area contributed by atoms with E-state index in [1.165, 1.54) is 5.56 Å². The second kappa shape index (κ2) is 6.81. The fourth-order valence-corrected chi connectivity index (χ4v) is 1.46. The second-order valence-electron chi connectivity index (χ2n) is 4.05. The molecule has 0 saturated carbocycles. The van der Waals surface area contributed by atoms with Crippen LogP contribution >= 0.6 is 12.4 Å². The lowest BCUT2D eigenvalue weighted by Gasteiger charge is -2.12. The fourth-order valence-electron chi connectivity index (χ4n) is 1.46. The van der Waals surface area contributed by atoms with Gasteiger partial charge < -0.3 is 5.73 Å². The third kappa shape index (κ3) is 4.45. The second-order valence-corrected chi connectivity index (χ2v) is 4.05. The molecule has 1 aromatic carbocycles. The van der Waals surface area contributed by atoms with Gasteiger partial charge >= 0.3 is 0 Å². The number of hydrogen-bond acceptors (Lipinski definition) is 1. The third-order valence-corrected chi connectivity index (χ3v) is 2.46. The van der Waals surface area contributed by atoms with E-state index >= 15 is 0 Å². The highest BCUT2D eigenvalue weighted by Gasteiger charge is 2.12. The Balaban J connectivity index is 0.00000225. The molecule has 1 aromatic rings. The minimum absolute atomic E-state index is 0. The Morgan fingerprint density at radius 2 is 1.50 bits per heavy atom. The molecule has 0 aliphatic heterocycles. The van der Waals surface area contributed by atoms with Crippen LogP contribution in [-0.2, 0) is 0 Å². The van der Waals surface area contributed by atoms with Crippen molar-refractivity contribution in [3.8, 4) is 0 Å². The zero-order chi connectivity index (χ0) is 11.4. The summed E-state index contributed by atoms with van der Waals surface area (Å²) >= 11 is 0. The average molecular weight is 250 g/mol. The van der Waals surface area contributed by atoms with Crippen LogP contribution in [0.25, 0.3) is 0 Å². The normalized spacial score (nSPS) is 12.7. The summed E-state index contributed by atoms with van der Waals surface area (Å²) < 4.78 is 24.2. The van der Waals surface area contributed by atoms with E-state index in [4.69, 9.17) is 5.73 Å². The number of benzene rings is 1. The number of halogens is 3. The number of nitrogens with two attached hydrogens (primary N) is 1.